The normalized spacial score (nSPS) is 13.0. The van der Waals surface area contributed by atoms with E-state index >= 15 is 0 Å². The van der Waals surface area contributed by atoms with Crippen LogP contribution in [0.25, 0.3) is 0 Å². The molecule has 0 aliphatic rings. The number of carbonyl (C=O) groups is 1. The van der Waals surface area contributed by atoms with Gasteiger partial charge in [0.1, 0.15) is 0 Å². The number of carbonyl (C=O) groups excluding carboxylic acids is 1. The largest absolute Gasteiger partial charge is 0.349 e. The lowest BCUT2D eigenvalue weighted by molar-refractivity contribution is -0.123. The van der Waals surface area contributed by atoms with E-state index in [0.29, 0.717) is 6.42 Å². The van der Waals surface area contributed by atoms with Crippen LogP contribution in [0, 0.1) is 0 Å². The van der Waals surface area contributed by atoms with Gasteiger partial charge in [-0.2, -0.15) is 0 Å². The molecule has 0 saturated heterocycles. The lowest BCUT2D eigenvalue weighted by atomic mass is 9.91. The van der Waals surface area contributed by atoms with Gasteiger partial charge in [-0.05, 0) is 42.2 Å². The number of rotatable bonds is 6. The molecule has 0 fully saturated rings. The highest BCUT2D eigenvalue weighted by atomic mass is 16.1. The number of amides is 1. The van der Waals surface area contributed by atoms with E-state index in [4.69, 9.17) is 0 Å². The van der Waals surface area contributed by atoms with Crippen LogP contribution in [0.2, 0.25) is 0 Å². The van der Waals surface area contributed by atoms with E-state index < -0.39 is 0 Å². The minimum atomic E-state index is -0.227. The van der Waals surface area contributed by atoms with Crippen LogP contribution in [0.1, 0.15) is 35.6 Å². The predicted molar refractivity (Wildman–Crippen MR) is 100 cm³/mol. The number of benzene rings is 2. The molecule has 3 heteroatoms. The van der Waals surface area contributed by atoms with E-state index in [-0.39, 0.29) is 17.9 Å². The number of pyridine rings is 1. The molecule has 0 saturated carbocycles. The quantitative estimate of drug-likeness (QED) is 0.733. The molecule has 2 unspecified atom stereocenters. The number of nitrogens with zero attached hydrogens (tertiary/aromatic N) is 1. The molecule has 0 spiro atoms. The highest BCUT2D eigenvalue weighted by molar-refractivity contribution is 5.84. The Morgan fingerprint density at radius 2 is 1.44 bits per heavy atom. The van der Waals surface area contributed by atoms with Crippen LogP contribution in [0.3, 0.4) is 0 Å². The first kappa shape index (κ1) is 16.9. The summed E-state index contributed by atoms with van der Waals surface area (Å²) in [5.74, 6) is -0.186. The summed E-state index contributed by atoms with van der Waals surface area (Å²) in [7, 11) is 0. The first-order chi connectivity index (χ1) is 12.2. The van der Waals surface area contributed by atoms with E-state index in [1.807, 2.05) is 79.7 Å². The number of hydrogen-bond acceptors (Lipinski definition) is 2. The van der Waals surface area contributed by atoms with Crippen molar-refractivity contribution in [2.75, 3.05) is 0 Å². The molecule has 2 aromatic carbocycles. The van der Waals surface area contributed by atoms with Crippen molar-refractivity contribution in [1.29, 1.82) is 0 Å². The zero-order chi connectivity index (χ0) is 17.5. The summed E-state index contributed by atoms with van der Waals surface area (Å²) in [6, 6.07) is 23.9. The second kappa shape index (κ2) is 8.25. The van der Waals surface area contributed by atoms with Gasteiger partial charge in [0.25, 0.3) is 0 Å². The van der Waals surface area contributed by atoms with Gasteiger partial charge in [0.05, 0.1) is 12.0 Å². The van der Waals surface area contributed by atoms with Crippen molar-refractivity contribution < 1.29 is 4.79 Å². The highest BCUT2D eigenvalue weighted by Crippen LogP contribution is 2.23. The van der Waals surface area contributed by atoms with Crippen molar-refractivity contribution in [3.8, 4) is 0 Å². The van der Waals surface area contributed by atoms with E-state index in [9.17, 15) is 4.79 Å². The molecule has 0 radical (unpaired) electrons. The fourth-order valence-electron chi connectivity index (χ4n) is 2.94. The molecule has 0 aliphatic heterocycles. The van der Waals surface area contributed by atoms with E-state index in [1.54, 1.807) is 12.4 Å². The second-order valence-electron chi connectivity index (χ2n) is 6.16. The summed E-state index contributed by atoms with van der Waals surface area (Å²) in [5.41, 5.74) is 3.23. The van der Waals surface area contributed by atoms with Gasteiger partial charge in [-0.3, -0.25) is 9.78 Å². The molecule has 2 atom stereocenters. The summed E-state index contributed by atoms with van der Waals surface area (Å²) >= 11 is 0. The molecule has 3 nitrogen and oxygen atoms in total. The molecule has 3 rings (SSSR count). The second-order valence-corrected chi connectivity index (χ2v) is 6.16. The van der Waals surface area contributed by atoms with Crippen LogP contribution >= 0.6 is 0 Å². The van der Waals surface area contributed by atoms with Gasteiger partial charge in [0, 0.05) is 12.4 Å². The van der Waals surface area contributed by atoms with Gasteiger partial charge in [0.15, 0.2) is 0 Å². The van der Waals surface area contributed by atoms with Crippen molar-refractivity contribution >= 4 is 5.91 Å². The molecule has 0 aliphatic carbocycles. The van der Waals surface area contributed by atoms with E-state index in [2.05, 4.69) is 10.3 Å². The number of aromatic nitrogens is 1. The zero-order valence-electron chi connectivity index (χ0n) is 14.3. The smallest absolute Gasteiger partial charge is 0.228 e. The summed E-state index contributed by atoms with van der Waals surface area (Å²) in [4.78, 5) is 17.1. The van der Waals surface area contributed by atoms with Gasteiger partial charge in [-0.1, -0.05) is 60.7 Å². The lowest BCUT2D eigenvalue weighted by Crippen LogP contribution is -2.32. The van der Waals surface area contributed by atoms with Gasteiger partial charge in [-0.25, -0.2) is 0 Å². The van der Waals surface area contributed by atoms with Crippen LogP contribution in [0.5, 0.6) is 0 Å². The zero-order valence-corrected chi connectivity index (χ0v) is 14.3. The molecule has 25 heavy (non-hydrogen) atoms. The van der Waals surface area contributed by atoms with Crippen molar-refractivity contribution in [2.45, 2.75) is 25.3 Å². The fourth-order valence-corrected chi connectivity index (χ4v) is 2.94. The summed E-state index contributed by atoms with van der Waals surface area (Å²) in [6.45, 7) is 2.02. The maximum Gasteiger partial charge on any atom is 0.228 e. The third-order valence-electron chi connectivity index (χ3n) is 4.37. The lowest BCUT2D eigenvalue weighted by Gasteiger charge is -2.21. The topological polar surface area (TPSA) is 42.0 Å². The average Bonchev–Trinajstić information content (AvgIpc) is 2.68. The Balaban J connectivity index is 1.80. The van der Waals surface area contributed by atoms with Crippen LogP contribution in [0.4, 0.5) is 0 Å². The summed E-state index contributed by atoms with van der Waals surface area (Å²) < 4.78 is 0. The number of hydrogen-bond donors (Lipinski definition) is 1. The van der Waals surface area contributed by atoms with Gasteiger partial charge < -0.3 is 5.32 Å². The third kappa shape index (κ3) is 4.54. The van der Waals surface area contributed by atoms with E-state index in [1.165, 1.54) is 0 Å². The maximum atomic E-state index is 13.0. The van der Waals surface area contributed by atoms with Gasteiger partial charge in [0.2, 0.25) is 5.91 Å². The Hall–Kier alpha value is -2.94. The van der Waals surface area contributed by atoms with Crippen LogP contribution < -0.4 is 5.32 Å². The SMILES string of the molecule is CC(NC(=O)C(Cc1ccncc1)c1ccccc1)c1ccccc1. The van der Waals surface area contributed by atoms with Gasteiger partial charge in [-0.15, -0.1) is 0 Å². The first-order valence-corrected chi connectivity index (χ1v) is 8.53. The average molecular weight is 330 g/mol. The minimum Gasteiger partial charge on any atom is -0.349 e. The third-order valence-corrected chi connectivity index (χ3v) is 4.37. The minimum absolute atomic E-state index is 0.0302. The monoisotopic (exact) mass is 330 g/mol. The Bertz CT molecular complexity index is 788. The molecule has 0 bridgehead atoms. The molecular weight excluding hydrogens is 308 g/mol. The Morgan fingerprint density at radius 3 is 2.04 bits per heavy atom. The molecule has 126 valence electrons. The fraction of sp³-hybridized carbons (Fsp3) is 0.182. The molecule has 1 aromatic heterocycles. The van der Waals surface area contributed by atoms with Crippen molar-refractivity contribution in [2.24, 2.45) is 0 Å². The molecule has 1 amide bonds. The Morgan fingerprint density at radius 1 is 0.880 bits per heavy atom. The Labute approximate surface area is 148 Å². The van der Waals surface area contributed by atoms with E-state index in [0.717, 1.165) is 16.7 Å². The van der Waals surface area contributed by atoms with Crippen molar-refractivity contribution in [3.63, 3.8) is 0 Å². The maximum absolute atomic E-state index is 13.0. The van der Waals surface area contributed by atoms with Crippen LogP contribution in [-0.2, 0) is 11.2 Å². The van der Waals surface area contributed by atoms with Crippen molar-refractivity contribution in [3.05, 3.63) is 102 Å². The first-order valence-electron chi connectivity index (χ1n) is 8.53. The molecule has 3 aromatic rings. The van der Waals surface area contributed by atoms with Crippen molar-refractivity contribution in [1.82, 2.24) is 10.3 Å². The standard InChI is InChI=1S/C22H22N2O/c1-17(19-8-4-2-5-9-19)24-22(25)21(20-10-6-3-7-11-20)16-18-12-14-23-15-13-18/h2-15,17,21H,16H2,1H3,(H,24,25). The molecule has 1 N–H and O–H groups in total. The summed E-state index contributed by atoms with van der Waals surface area (Å²) in [6.07, 6.45) is 4.18. The summed E-state index contributed by atoms with van der Waals surface area (Å²) in [5, 5.41) is 3.16. The molecule has 1 heterocycles. The number of nitrogens with one attached hydrogen (secondary N) is 1. The Kier molecular flexibility index (Phi) is 5.57. The highest BCUT2D eigenvalue weighted by Gasteiger charge is 2.22. The predicted octanol–water partition coefficient (Wildman–Crippen LogP) is 4.29. The van der Waals surface area contributed by atoms with Gasteiger partial charge >= 0.3 is 0 Å². The molecular formula is C22H22N2O. The van der Waals surface area contributed by atoms with Crippen LogP contribution in [0.15, 0.2) is 85.2 Å². The van der Waals surface area contributed by atoms with Crippen LogP contribution in [-0.4, -0.2) is 10.9 Å².